The van der Waals surface area contributed by atoms with Gasteiger partial charge in [-0.1, -0.05) is 18.0 Å². The van der Waals surface area contributed by atoms with Gasteiger partial charge in [0, 0.05) is 19.0 Å². The standard InChI is InChI=1S/C17H26N4O3/c22-17(20-8-10-23-11-9-20)14-6-3-7-21(14)12-15-18-16(24-19-15)13-4-1-2-5-13/h13-14H,1-12H2/t14-/m0/s1. The lowest BCUT2D eigenvalue weighted by Crippen LogP contribution is -2.49. The second-order valence-corrected chi connectivity index (χ2v) is 7.10. The molecular weight excluding hydrogens is 308 g/mol. The molecular formula is C17H26N4O3. The van der Waals surface area contributed by atoms with E-state index in [1.165, 1.54) is 12.8 Å². The van der Waals surface area contributed by atoms with E-state index in [1.807, 2.05) is 4.90 Å². The third kappa shape index (κ3) is 3.32. The van der Waals surface area contributed by atoms with Crippen LogP contribution < -0.4 is 0 Å². The number of hydrogen-bond donors (Lipinski definition) is 0. The fourth-order valence-electron chi connectivity index (χ4n) is 4.14. The van der Waals surface area contributed by atoms with Gasteiger partial charge in [-0.15, -0.1) is 0 Å². The van der Waals surface area contributed by atoms with Crippen LogP contribution in [0.25, 0.3) is 0 Å². The third-order valence-corrected chi connectivity index (χ3v) is 5.50. The smallest absolute Gasteiger partial charge is 0.240 e. The number of ether oxygens (including phenoxy) is 1. The Bertz CT molecular complexity index is 564. The highest BCUT2D eigenvalue weighted by Crippen LogP contribution is 2.33. The zero-order chi connectivity index (χ0) is 16.4. The number of carbonyl (C=O) groups is 1. The van der Waals surface area contributed by atoms with Crippen molar-refractivity contribution in [2.75, 3.05) is 32.8 Å². The van der Waals surface area contributed by atoms with E-state index < -0.39 is 0 Å². The maximum absolute atomic E-state index is 12.8. The van der Waals surface area contributed by atoms with Crippen LogP contribution in [0, 0.1) is 0 Å². The Hall–Kier alpha value is -1.47. The summed E-state index contributed by atoms with van der Waals surface area (Å²) < 4.78 is 10.8. The molecule has 0 spiro atoms. The first-order chi connectivity index (χ1) is 11.8. The van der Waals surface area contributed by atoms with Crippen LogP contribution in [0.15, 0.2) is 4.52 Å². The number of morpholine rings is 1. The van der Waals surface area contributed by atoms with Crippen molar-refractivity contribution in [1.29, 1.82) is 0 Å². The predicted octanol–water partition coefficient (Wildman–Crippen LogP) is 1.55. The number of aromatic nitrogens is 2. The van der Waals surface area contributed by atoms with Crippen molar-refractivity contribution in [3.8, 4) is 0 Å². The molecule has 2 saturated heterocycles. The fraction of sp³-hybridized carbons (Fsp3) is 0.824. The van der Waals surface area contributed by atoms with Gasteiger partial charge < -0.3 is 14.2 Å². The molecule has 1 saturated carbocycles. The van der Waals surface area contributed by atoms with Gasteiger partial charge in [-0.3, -0.25) is 9.69 Å². The molecule has 0 bridgehead atoms. The van der Waals surface area contributed by atoms with Crippen LogP contribution in [0.5, 0.6) is 0 Å². The molecule has 2 aliphatic heterocycles. The summed E-state index contributed by atoms with van der Waals surface area (Å²) in [4.78, 5) is 21.5. The van der Waals surface area contributed by atoms with E-state index in [9.17, 15) is 4.79 Å². The van der Waals surface area contributed by atoms with Crippen LogP contribution in [0.1, 0.15) is 56.2 Å². The Morgan fingerprint density at radius 2 is 1.88 bits per heavy atom. The Balaban J connectivity index is 1.38. The number of amides is 1. The molecule has 1 aromatic rings. The minimum atomic E-state index is -0.0449. The normalized spacial score (nSPS) is 26.3. The van der Waals surface area contributed by atoms with Crippen LogP contribution in [0.3, 0.4) is 0 Å². The highest BCUT2D eigenvalue weighted by Gasteiger charge is 2.35. The van der Waals surface area contributed by atoms with Crippen molar-refractivity contribution in [1.82, 2.24) is 19.9 Å². The molecule has 3 heterocycles. The summed E-state index contributed by atoms with van der Waals surface area (Å²) in [5, 5.41) is 4.16. The summed E-state index contributed by atoms with van der Waals surface area (Å²) >= 11 is 0. The van der Waals surface area contributed by atoms with Gasteiger partial charge in [0.25, 0.3) is 0 Å². The van der Waals surface area contributed by atoms with Crippen molar-refractivity contribution >= 4 is 5.91 Å². The molecule has 3 aliphatic rings. The SMILES string of the molecule is O=C([C@@H]1CCCN1Cc1noc(C2CCCC2)n1)N1CCOCC1. The van der Waals surface area contributed by atoms with E-state index in [-0.39, 0.29) is 11.9 Å². The van der Waals surface area contributed by atoms with Gasteiger partial charge in [0.2, 0.25) is 11.8 Å². The molecule has 1 aromatic heterocycles. The average molecular weight is 334 g/mol. The highest BCUT2D eigenvalue weighted by atomic mass is 16.5. The van der Waals surface area contributed by atoms with Crippen LogP contribution in [-0.4, -0.2) is 64.7 Å². The second-order valence-electron chi connectivity index (χ2n) is 7.10. The summed E-state index contributed by atoms with van der Waals surface area (Å²) in [6, 6.07) is -0.0449. The van der Waals surface area contributed by atoms with E-state index in [0.29, 0.717) is 38.8 Å². The number of nitrogens with zero attached hydrogens (tertiary/aromatic N) is 4. The van der Waals surface area contributed by atoms with Gasteiger partial charge in [-0.25, -0.2) is 0 Å². The van der Waals surface area contributed by atoms with Crippen molar-refractivity contribution in [2.45, 2.75) is 57.0 Å². The van der Waals surface area contributed by atoms with Crippen LogP contribution in [-0.2, 0) is 16.1 Å². The lowest BCUT2D eigenvalue weighted by molar-refractivity contribution is -0.140. The first-order valence-electron chi connectivity index (χ1n) is 9.24. The molecule has 3 fully saturated rings. The zero-order valence-corrected chi connectivity index (χ0v) is 14.2. The highest BCUT2D eigenvalue weighted by molar-refractivity contribution is 5.82. The summed E-state index contributed by atoms with van der Waals surface area (Å²) in [7, 11) is 0. The number of likely N-dealkylation sites (tertiary alicyclic amines) is 1. The average Bonchev–Trinajstić information content (AvgIpc) is 3.37. The van der Waals surface area contributed by atoms with Gasteiger partial charge in [-0.2, -0.15) is 4.98 Å². The number of rotatable bonds is 4. The molecule has 1 aliphatic carbocycles. The monoisotopic (exact) mass is 334 g/mol. The fourth-order valence-corrected chi connectivity index (χ4v) is 4.14. The van der Waals surface area contributed by atoms with E-state index in [2.05, 4.69) is 15.0 Å². The molecule has 0 N–H and O–H groups in total. The maximum atomic E-state index is 12.8. The molecule has 0 unspecified atom stereocenters. The molecule has 7 heteroatoms. The Morgan fingerprint density at radius 3 is 2.67 bits per heavy atom. The van der Waals surface area contributed by atoms with E-state index >= 15 is 0 Å². The van der Waals surface area contributed by atoms with Crippen molar-refractivity contribution < 1.29 is 14.1 Å². The second kappa shape index (κ2) is 7.19. The summed E-state index contributed by atoms with van der Waals surface area (Å²) in [6.45, 7) is 4.24. The predicted molar refractivity (Wildman–Crippen MR) is 86.3 cm³/mol. The molecule has 0 radical (unpaired) electrons. The van der Waals surface area contributed by atoms with Gasteiger partial charge in [-0.05, 0) is 32.2 Å². The number of hydrogen-bond acceptors (Lipinski definition) is 6. The van der Waals surface area contributed by atoms with Crippen LogP contribution in [0.2, 0.25) is 0 Å². The van der Waals surface area contributed by atoms with Crippen LogP contribution >= 0.6 is 0 Å². The lowest BCUT2D eigenvalue weighted by Gasteiger charge is -2.32. The Labute approximate surface area is 142 Å². The van der Waals surface area contributed by atoms with E-state index in [4.69, 9.17) is 9.26 Å². The molecule has 24 heavy (non-hydrogen) atoms. The first-order valence-corrected chi connectivity index (χ1v) is 9.24. The molecule has 132 valence electrons. The van der Waals surface area contributed by atoms with Gasteiger partial charge >= 0.3 is 0 Å². The molecule has 1 atom stereocenters. The van der Waals surface area contributed by atoms with E-state index in [1.54, 1.807) is 0 Å². The minimum Gasteiger partial charge on any atom is -0.378 e. The first kappa shape index (κ1) is 16.0. The maximum Gasteiger partial charge on any atom is 0.240 e. The van der Waals surface area contributed by atoms with Crippen molar-refractivity contribution in [3.63, 3.8) is 0 Å². The largest absolute Gasteiger partial charge is 0.378 e. The Morgan fingerprint density at radius 1 is 1.08 bits per heavy atom. The van der Waals surface area contributed by atoms with E-state index in [0.717, 1.165) is 43.9 Å². The van der Waals surface area contributed by atoms with Crippen molar-refractivity contribution in [2.24, 2.45) is 0 Å². The zero-order valence-electron chi connectivity index (χ0n) is 14.2. The molecule has 1 amide bonds. The summed E-state index contributed by atoms with van der Waals surface area (Å²) in [5.74, 6) is 2.18. The van der Waals surface area contributed by atoms with Gasteiger partial charge in [0.05, 0.1) is 25.8 Å². The van der Waals surface area contributed by atoms with Gasteiger partial charge in [0.1, 0.15) is 0 Å². The Kier molecular flexibility index (Phi) is 4.80. The van der Waals surface area contributed by atoms with Crippen molar-refractivity contribution in [3.05, 3.63) is 11.7 Å². The summed E-state index contributed by atoms with van der Waals surface area (Å²) in [5.41, 5.74) is 0. The van der Waals surface area contributed by atoms with Gasteiger partial charge in [0.15, 0.2) is 5.82 Å². The topological polar surface area (TPSA) is 71.7 Å². The molecule has 7 nitrogen and oxygen atoms in total. The molecule has 0 aromatic carbocycles. The number of carbonyl (C=O) groups excluding carboxylic acids is 1. The molecule has 4 rings (SSSR count). The lowest BCUT2D eigenvalue weighted by atomic mass is 10.1. The third-order valence-electron chi connectivity index (χ3n) is 5.50. The quantitative estimate of drug-likeness (QED) is 0.832. The summed E-state index contributed by atoms with van der Waals surface area (Å²) in [6.07, 6.45) is 6.79. The van der Waals surface area contributed by atoms with Crippen LogP contribution in [0.4, 0.5) is 0 Å². The minimum absolute atomic E-state index is 0.0449.